The molecule has 0 unspecified atom stereocenters. The molecule has 6 nitrogen and oxygen atoms in total. The maximum Gasteiger partial charge on any atom is 0.273 e. The van der Waals surface area contributed by atoms with Crippen molar-refractivity contribution in [1.82, 2.24) is 9.88 Å². The molecule has 2 saturated heterocycles. The van der Waals surface area contributed by atoms with E-state index >= 15 is 0 Å². The second-order valence-corrected chi connectivity index (χ2v) is 7.46. The average Bonchev–Trinajstić information content (AvgIpc) is 3.20. The highest BCUT2D eigenvalue weighted by molar-refractivity contribution is 7.09. The van der Waals surface area contributed by atoms with Crippen molar-refractivity contribution in [3.63, 3.8) is 0 Å². The molecule has 0 radical (unpaired) electrons. The minimum Gasteiger partial charge on any atom is -0.486 e. The molecule has 2 atom stereocenters. The Balaban J connectivity index is 1.34. The lowest BCUT2D eigenvalue weighted by Crippen LogP contribution is -2.33. The first-order chi connectivity index (χ1) is 12.6. The third-order valence-electron chi connectivity index (χ3n) is 4.45. The van der Waals surface area contributed by atoms with E-state index in [-0.39, 0.29) is 30.0 Å². The highest BCUT2D eigenvalue weighted by Gasteiger charge is 2.40. The van der Waals surface area contributed by atoms with Crippen LogP contribution in [0.15, 0.2) is 29.6 Å². The van der Waals surface area contributed by atoms with Crippen LogP contribution >= 0.6 is 11.3 Å². The Hall–Kier alpha value is -2.03. The number of aryl methyl sites for hydroxylation is 1. The van der Waals surface area contributed by atoms with Crippen molar-refractivity contribution in [3.05, 3.63) is 46.2 Å². The Morgan fingerprint density at radius 3 is 2.46 bits per heavy atom. The molecule has 26 heavy (non-hydrogen) atoms. The average molecular weight is 378 g/mol. The van der Waals surface area contributed by atoms with Crippen molar-refractivity contribution >= 4 is 17.2 Å². The first-order valence-electron chi connectivity index (χ1n) is 8.45. The van der Waals surface area contributed by atoms with Gasteiger partial charge in [-0.15, -0.1) is 11.3 Å². The summed E-state index contributed by atoms with van der Waals surface area (Å²) in [7, 11) is 0. The largest absolute Gasteiger partial charge is 0.486 e. The minimum absolute atomic E-state index is 0.0891. The Bertz CT molecular complexity index is 766. The first kappa shape index (κ1) is 17.4. The highest BCUT2D eigenvalue weighted by atomic mass is 32.1. The third kappa shape index (κ3) is 3.72. The maximum absolute atomic E-state index is 13.0. The zero-order chi connectivity index (χ0) is 18.1. The van der Waals surface area contributed by atoms with Crippen LogP contribution in [-0.4, -0.2) is 60.4 Å². The molecule has 2 aliphatic rings. The molecule has 0 aliphatic carbocycles. The van der Waals surface area contributed by atoms with Gasteiger partial charge in [0.15, 0.2) is 0 Å². The van der Waals surface area contributed by atoms with Crippen molar-refractivity contribution in [3.8, 4) is 5.75 Å². The van der Waals surface area contributed by atoms with Crippen LogP contribution in [0.4, 0.5) is 4.39 Å². The molecular formula is C18H19FN2O4S. The van der Waals surface area contributed by atoms with E-state index in [1.165, 1.54) is 23.5 Å². The molecule has 2 aromatic rings. The van der Waals surface area contributed by atoms with Gasteiger partial charge in [-0.1, -0.05) is 0 Å². The molecule has 0 saturated carbocycles. The summed E-state index contributed by atoms with van der Waals surface area (Å²) in [5.41, 5.74) is 0.474. The Morgan fingerprint density at radius 2 is 1.88 bits per heavy atom. The summed E-state index contributed by atoms with van der Waals surface area (Å²) < 4.78 is 30.6. The number of aromatic nitrogens is 1. The van der Waals surface area contributed by atoms with Crippen molar-refractivity contribution < 1.29 is 23.4 Å². The number of likely N-dealkylation sites (tertiary alicyclic amines) is 1. The summed E-state index contributed by atoms with van der Waals surface area (Å²) in [6.45, 7) is 3.54. The van der Waals surface area contributed by atoms with Gasteiger partial charge in [0, 0.05) is 18.5 Å². The van der Waals surface area contributed by atoms with Crippen LogP contribution in [0.1, 0.15) is 15.5 Å². The van der Waals surface area contributed by atoms with Gasteiger partial charge in [0.25, 0.3) is 5.91 Å². The van der Waals surface area contributed by atoms with Gasteiger partial charge in [-0.2, -0.15) is 0 Å². The van der Waals surface area contributed by atoms with E-state index in [4.69, 9.17) is 14.2 Å². The molecule has 1 aromatic heterocycles. The topological polar surface area (TPSA) is 60.9 Å². The summed E-state index contributed by atoms with van der Waals surface area (Å²) in [6, 6.07) is 5.87. The molecule has 138 valence electrons. The molecule has 0 spiro atoms. The van der Waals surface area contributed by atoms with Crippen molar-refractivity contribution in [2.75, 3.05) is 26.3 Å². The third-order valence-corrected chi connectivity index (χ3v) is 5.22. The normalized spacial score (nSPS) is 23.5. The lowest BCUT2D eigenvalue weighted by Gasteiger charge is -2.19. The zero-order valence-electron chi connectivity index (χ0n) is 14.3. The summed E-state index contributed by atoms with van der Waals surface area (Å²) in [4.78, 5) is 18.5. The fraction of sp³-hybridized carbons (Fsp3) is 0.444. The van der Waals surface area contributed by atoms with Gasteiger partial charge in [-0.05, 0) is 31.2 Å². The SMILES string of the molecule is Cc1nc(C(=O)N2C[C@@H]3OCC(Oc4ccc(F)cc4)CO[C@H]3C2)cs1. The van der Waals surface area contributed by atoms with Gasteiger partial charge < -0.3 is 19.1 Å². The Morgan fingerprint density at radius 1 is 1.23 bits per heavy atom. The number of amides is 1. The molecule has 1 amide bonds. The van der Waals surface area contributed by atoms with Crippen LogP contribution in [0.3, 0.4) is 0 Å². The fourth-order valence-electron chi connectivity index (χ4n) is 3.14. The highest BCUT2D eigenvalue weighted by Crippen LogP contribution is 2.24. The number of rotatable bonds is 3. The maximum atomic E-state index is 13.0. The van der Waals surface area contributed by atoms with Crippen molar-refractivity contribution in [1.29, 1.82) is 0 Å². The molecule has 4 rings (SSSR count). The van der Waals surface area contributed by atoms with Crippen LogP contribution in [0.5, 0.6) is 5.75 Å². The smallest absolute Gasteiger partial charge is 0.273 e. The molecule has 2 fully saturated rings. The van der Waals surface area contributed by atoms with E-state index < -0.39 is 0 Å². The fourth-order valence-corrected chi connectivity index (χ4v) is 3.72. The summed E-state index contributed by atoms with van der Waals surface area (Å²) in [6.07, 6.45) is -0.627. The summed E-state index contributed by atoms with van der Waals surface area (Å²) >= 11 is 1.46. The van der Waals surface area contributed by atoms with Gasteiger partial charge in [0.2, 0.25) is 0 Å². The Kier molecular flexibility index (Phi) is 4.88. The van der Waals surface area contributed by atoms with E-state index in [9.17, 15) is 9.18 Å². The minimum atomic E-state index is -0.305. The van der Waals surface area contributed by atoms with E-state index in [2.05, 4.69) is 4.98 Å². The number of benzene rings is 1. The predicted octanol–water partition coefficient (Wildman–Crippen LogP) is 2.28. The van der Waals surface area contributed by atoms with E-state index in [0.717, 1.165) is 5.01 Å². The molecule has 8 heteroatoms. The number of hydrogen-bond donors (Lipinski definition) is 0. The first-order valence-corrected chi connectivity index (χ1v) is 9.33. The van der Waals surface area contributed by atoms with Crippen LogP contribution in [-0.2, 0) is 9.47 Å². The number of ether oxygens (including phenoxy) is 3. The second kappa shape index (κ2) is 7.30. The van der Waals surface area contributed by atoms with Gasteiger partial charge in [0.1, 0.15) is 35.6 Å². The zero-order valence-corrected chi connectivity index (χ0v) is 15.1. The number of fused-ring (bicyclic) bond motifs is 1. The molecule has 1 aromatic carbocycles. The molecule has 3 heterocycles. The molecule has 0 bridgehead atoms. The number of carbonyl (C=O) groups is 1. The predicted molar refractivity (Wildman–Crippen MR) is 93.1 cm³/mol. The monoisotopic (exact) mass is 378 g/mol. The van der Waals surface area contributed by atoms with Gasteiger partial charge in [0.05, 0.1) is 18.2 Å². The van der Waals surface area contributed by atoms with Crippen LogP contribution in [0.25, 0.3) is 0 Å². The number of nitrogens with zero attached hydrogens (tertiary/aromatic N) is 2. The second-order valence-electron chi connectivity index (χ2n) is 6.40. The van der Waals surface area contributed by atoms with E-state index in [1.54, 1.807) is 22.4 Å². The van der Waals surface area contributed by atoms with Gasteiger partial charge in [-0.25, -0.2) is 9.37 Å². The van der Waals surface area contributed by atoms with Crippen molar-refractivity contribution in [2.24, 2.45) is 0 Å². The molecular weight excluding hydrogens is 359 g/mol. The molecule has 2 aliphatic heterocycles. The number of thiazole rings is 1. The quantitative estimate of drug-likeness (QED) is 0.820. The van der Waals surface area contributed by atoms with Gasteiger partial charge in [-0.3, -0.25) is 4.79 Å². The Labute approximate surface area is 154 Å². The number of hydrogen-bond acceptors (Lipinski definition) is 6. The number of carbonyl (C=O) groups excluding carboxylic acids is 1. The van der Waals surface area contributed by atoms with E-state index in [1.807, 2.05) is 6.92 Å². The van der Waals surface area contributed by atoms with Crippen LogP contribution < -0.4 is 4.74 Å². The van der Waals surface area contributed by atoms with Crippen LogP contribution in [0.2, 0.25) is 0 Å². The lowest BCUT2D eigenvalue weighted by atomic mass is 10.3. The summed E-state index contributed by atoms with van der Waals surface area (Å²) in [5, 5.41) is 2.65. The standard InChI is InChI=1S/C18H19FN2O4S/c1-11-20-15(10-26-11)18(22)21-6-16-17(7-21)24-9-14(8-23-16)25-13-4-2-12(19)3-5-13/h2-5,10,14,16-17H,6-9H2,1H3/t16-,17-/m0/s1. The van der Waals surface area contributed by atoms with Gasteiger partial charge >= 0.3 is 0 Å². The van der Waals surface area contributed by atoms with E-state index in [0.29, 0.717) is 37.7 Å². The summed E-state index contributed by atoms with van der Waals surface area (Å²) in [5.74, 6) is 0.181. The van der Waals surface area contributed by atoms with Crippen molar-refractivity contribution in [2.45, 2.75) is 25.2 Å². The lowest BCUT2D eigenvalue weighted by molar-refractivity contribution is -0.00461. The van der Waals surface area contributed by atoms with Crippen LogP contribution in [0, 0.1) is 12.7 Å². The number of halogens is 1. The molecule has 0 N–H and O–H groups in total.